The number of amides is 2. The number of hydrogen-bond acceptors (Lipinski definition) is 2. The van der Waals surface area contributed by atoms with Crippen molar-refractivity contribution in [3.05, 3.63) is 29.8 Å². The van der Waals surface area contributed by atoms with Crippen LogP contribution in [0.2, 0.25) is 0 Å². The summed E-state index contributed by atoms with van der Waals surface area (Å²) in [6, 6.07) is 7.12. The highest BCUT2D eigenvalue weighted by atomic mass is 79.9. The van der Waals surface area contributed by atoms with Gasteiger partial charge in [0.15, 0.2) is 0 Å². The number of hydrogen-bond donors (Lipinski definition) is 1. The van der Waals surface area contributed by atoms with Crippen LogP contribution in [0.5, 0.6) is 0 Å². The standard InChI is InChI=1S/C13H15BrN2O2/c1-2-15-13(18)9-3-5-11(6-4-9)16-8-10(14)7-12(16)17/h3-6,10H,2,7-8H2,1H3,(H,15,18). The molecule has 0 aliphatic carbocycles. The molecule has 96 valence electrons. The van der Waals surface area contributed by atoms with Crippen molar-refractivity contribution in [3.8, 4) is 0 Å². The molecule has 4 nitrogen and oxygen atoms in total. The monoisotopic (exact) mass is 310 g/mol. The summed E-state index contributed by atoms with van der Waals surface area (Å²) < 4.78 is 0. The zero-order chi connectivity index (χ0) is 13.1. The summed E-state index contributed by atoms with van der Waals surface area (Å²) in [4.78, 5) is 25.3. The molecule has 1 heterocycles. The summed E-state index contributed by atoms with van der Waals surface area (Å²) >= 11 is 3.45. The van der Waals surface area contributed by atoms with Crippen LogP contribution in [-0.2, 0) is 4.79 Å². The predicted molar refractivity (Wildman–Crippen MR) is 74.1 cm³/mol. The van der Waals surface area contributed by atoms with Gasteiger partial charge in [0, 0.05) is 35.6 Å². The van der Waals surface area contributed by atoms with E-state index in [0.717, 1.165) is 5.69 Å². The van der Waals surface area contributed by atoms with E-state index in [-0.39, 0.29) is 16.6 Å². The Morgan fingerprint density at radius 1 is 1.44 bits per heavy atom. The molecule has 2 rings (SSSR count). The molecule has 1 fully saturated rings. The molecule has 0 bridgehead atoms. The van der Waals surface area contributed by atoms with Crippen LogP contribution in [-0.4, -0.2) is 29.7 Å². The van der Waals surface area contributed by atoms with Gasteiger partial charge < -0.3 is 10.2 Å². The Morgan fingerprint density at radius 3 is 2.61 bits per heavy atom. The first-order chi connectivity index (χ1) is 8.61. The number of benzene rings is 1. The van der Waals surface area contributed by atoms with Gasteiger partial charge in [-0.15, -0.1) is 0 Å². The fourth-order valence-corrected chi connectivity index (χ4v) is 2.54. The minimum absolute atomic E-state index is 0.0878. The Labute approximate surface area is 114 Å². The fourth-order valence-electron chi connectivity index (χ4n) is 1.97. The van der Waals surface area contributed by atoms with E-state index in [2.05, 4.69) is 21.2 Å². The maximum Gasteiger partial charge on any atom is 0.251 e. The van der Waals surface area contributed by atoms with Gasteiger partial charge in [-0.25, -0.2) is 0 Å². The van der Waals surface area contributed by atoms with E-state index in [9.17, 15) is 9.59 Å². The van der Waals surface area contributed by atoms with Gasteiger partial charge in [0.05, 0.1) is 0 Å². The van der Waals surface area contributed by atoms with E-state index in [0.29, 0.717) is 25.1 Å². The lowest BCUT2D eigenvalue weighted by Gasteiger charge is -2.16. The van der Waals surface area contributed by atoms with Crippen LogP contribution in [0, 0.1) is 0 Å². The average molecular weight is 311 g/mol. The molecule has 1 aromatic carbocycles. The minimum Gasteiger partial charge on any atom is -0.352 e. The van der Waals surface area contributed by atoms with Crippen molar-refractivity contribution in [2.45, 2.75) is 18.2 Å². The molecule has 18 heavy (non-hydrogen) atoms. The van der Waals surface area contributed by atoms with Gasteiger partial charge in [0.1, 0.15) is 0 Å². The highest BCUT2D eigenvalue weighted by molar-refractivity contribution is 9.09. The van der Waals surface area contributed by atoms with Crippen LogP contribution in [0.3, 0.4) is 0 Å². The van der Waals surface area contributed by atoms with Crippen LogP contribution in [0.4, 0.5) is 5.69 Å². The second-order valence-electron chi connectivity index (χ2n) is 4.21. The number of nitrogens with zero attached hydrogens (tertiary/aromatic N) is 1. The summed E-state index contributed by atoms with van der Waals surface area (Å²) in [6.07, 6.45) is 0.526. The summed E-state index contributed by atoms with van der Waals surface area (Å²) in [6.45, 7) is 3.17. The lowest BCUT2D eigenvalue weighted by Crippen LogP contribution is -2.25. The molecule has 1 aromatic rings. The molecule has 1 aliphatic rings. The van der Waals surface area contributed by atoms with Gasteiger partial charge in [0.2, 0.25) is 5.91 Å². The summed E-state index contributed by atoms with van der Waals surface area (Å²) in [5.41, 5.74) is 1.46. The molecule has 1 N–H and O–H groups in total. The Bertz CT molecular complexity index is 459. The lowest BCUT2D eigenvalue weighted by atomic mass is 10.2. The Kier molecular flexibility index (Phi) is 4.01. The molecule has 1 saturated heterocycles. The highest BCUT2D eigenvalue weighted by Crippen LogP contribution is 2.25. The maximum atomic E-state index is 11.7. The van der Waals surface area contributed by atoms with Gasteiger partial charge in [-0.05, 0) is 31.2 Å². The maximum absolute atomic E-state index is 11.7. The van der Waals surface area contributed by atoms with Crippen LogP contribution >= 0.6 is 15.9 Å². The topological polar surface area (TPSA) is 49.4 Å². The third-order valence-corrected chi connectivity index (χ3v) is 3.47. The van der Waals surface area contributed by atoms with E-state index in [4.69, 9.17) is 0 Å². The second-order valence-corrected chi connectivity index (χ2v) is 5.51. The quantitative estimate of drug-likeness (QED) is 0.867. The van der Waals surface area contributed by atoms with Crippen molar-refractivity contribution in [1.82, 2.24) is 5.32 Å². The molecular weight excluding hydrogens is 296 g/mol. The second kappa shape index (κ2) is 5.52. The molecular formula is C13H15BrN2O2. The van der Waals surface area contributed by atoms with E-state index >= 15 is 0 Å². The van der Waals surface area contributed by atoms with Gasteiger partial charge >= 0.3 is 0 Å². The number of anilines is 1. The number of carbonyl (C=O) groups is 2. The van der Waals surface area contributed by atoms with E-state index in [1.54, 1.807) is 17.0 Å². The molecule has 1 atom stereocenters. The zero-order valence-electron chi connectivity index (χ0n) is 10.1. The van der Waals surface area contributed by atoms with Crippen molar-refractivity contribution in [3.63, 3.8) is 0 Å². The van der Waals surface area contributed by atoms with Crippen LogP contribution < -0.4 is 10.2 Å². The molecule has 0 radical (unpaired) electrons. The molecule has 2 amide bonds. The average Bonchev–Trinajstić information content (AvgIpc) is 2.69. The first kappa shape index (κ1) is 13.1. The number of rotatable bonds is 3. The highest BCUT2D eigenvalue weighted by Gasteiger charge is 2.28. The molecule has 0 saturated carbocycles. The fraction of sp³-hybridized carbons (Fsp3) is 0.385. The molecule has 5 heteroatoms. The summed E-state index contributed by atoms with van der Waals surface area (Å²) in [5.74, 6) is 0.0257. The third-order valence-electron chi connectivity index (χ3n) is 2.86. The first-order valence-corrected chi connectivity index (χ1v) is 6.86. The Balaban J connectivity index is 2.13. The van der Waals surface area contributed by atoms with Crippen molar-refractivity contribution in [2.75, 3.05) is 18.0 Å². The first-order valence-electron chi connectivity index (χ1n) is 5.94. The molecule has 1 aliphatic heterocycles. The predicted octanol–water partition coefficient (Wildman–Crippen LogP) is 1.94. The zero-order valence-corrected chi connectivity index (χ0v) is 11.7. The van der Waals surface area contributed by atoms with Crippen molar-refractivity contribution in [1.29, 1.82) is 0 Å². The lowest BCUT2D eigenvalue weighted by molar-refractivity contribution is -0.117. The van der Waals surface area contributed by atoms with Gasteiger partial charge in [-0.3, -0.25) is 9.59 Å². The van der Waals surface area contributed by atoms with Crippen molar-refractivity contribution in [2.24, 2.45) is 0 Å². The normalized spacial score (nSPS) is 19.1. The van der Waals surface area contributed by atoms with Crippen molar-refractivity contribution >= 4 is 33.4 Å². The smallest absolute Gasteiger partial charge is 0.251 e. The SMILES string of the molecule is CCNC(=O)c1ccc(N2CC(Br)CC2=O)cc1. The van der Waals surface area contributed by atoms with Gasteiger partial charge in [0.25, 0.3) is 5.91 Å². The Morgan fingerprint density at radius 2 is 2.11 bits per heavy atom. The number of alkyl halides is 1. The number of carbonyl (C=O) groups excluding carboxylic acids is 2. The third kappa shape index (κ3) is 2.72. The van der Waals surface area contributed by atoms with Crippen molar-refractivity contribution < 1.29 is 9.59 Å². The van der Waals surface area contributed by atoms with E-state index in [1.807, 2.05) is 19.1 Å². The largest absolute Gasteiger partial charge is 0.352 e. The molecule has 0 aromatic heterocycles. The minimum atomic E-state index is -0.0878. The molecule has 1 unspecified atom stereocenters. The summed E-state index contributed by atoms with van der Waals surface area (Å²) in [7, 11) is 0. The van der Waals surface area contributed by atoms with Crippen LogP contribution in [0.25, 0.3) is 0 Å². The Hall–Kier alpha value is -1.36. The summed E-state index contributed by atoms with van der Waals surface area (Å²) in [5, 5.41) is 2.74. The van der Waals surface area contributed by atoms with Gasteiger partial charge in [-0.2, -0.15) is 0 Å². The van der Waals surface area contributed by atoms with E-state index in [1.165, 1.54) is 0 Å². The van der Waals surface area contributed by atoms with E-state index < -0.39 is 0 Å². The van der Waals surface area contributed by atoms with Crippen LogP contribution in [0.1, 0.15) is 23.7 Å². The number of nitrogens with one attached hydrogen (secondary N) is 1. The van der Waals surface area contributed by atoms with Gasteiger partial charge in [-0.1, -0.05) is 15.9 Å². The molecule has 0 spiro atoms. The number of halogens is 1. The van der Waals surface area contributed by atoms with Crippen LogP contribution in [0.15, 0.2) is 24.3 Å².